The van der Waals surface area contributed by atoms with Gasteiger partial charge in [-0.05, 0) is 57.0 Å². The summed E-state index contributed by atoms with van der Waals surface area (Å²) in [6.45, 7) is 3.59. The quantitative estimate of drug-likeness (QED) is 0.575. The van der Waals surface area contributed by atoms with Crippen LogP contribution in [0.5, 0.6) is 0 Å². The highest BCUT2D eigenvalue weighted by molar-refractivity contribution is 9.10. The van der Waals surface area contributed by atoms with E-state index in [0.29, 0.717) is 18.4 Å². The number of imide groups is 1. The van der Waals surface area contributed by atoms with Crippen LogP contribution in [0.3, 0.4) is 0 Å². The van der Waals surface area contributed by atoms with Gasteiger partial charge in [-0.15, -0.1) is 0 Å². The average molecular weight is 444 g/mol. The van der Waals surface area contributed by atoms with Crippen LogP contribution >= 0.6 is 15.9 Å². The van der Waals surface area contributed by atoms with E-state index in [1.54, 1.807) is 0 Å². The van der Waals surface area contributed by atoms with Gasteiger partial charge in [0.2, 0.25) is 0 Å². The number of carbonyl (C=O) groups excluding carboxylic acids is 3. The molecular formula is C21H22BrN3O3. The molecule has 1 N–H and O–H groups in total. The standard InChI is InChI=1S/C21H22BrN3O3/c1-13-11-17(14(2)25(13)16-7-5-15(22)6-8-16)18(26)12-24-19(27)21(23-20(24)28)9-3-4-10-21/h5-8,11H,3-4,9-10,12H2,1-2H3,(H,23,28). The number of urea groups is 1. The zero-order valence-corrected chi connectivity index (χ0v) is 17.5. The van der Waals surface area contributed by atoms with Gasteiger partial charge >= 0.3 is 6.03 Å². The fourth-order valence-corrected chi connectivity index (χ4v) is 4.66. The third-order valence-corrected chi connectivity index (χ3v) is 6.35. The van der Waals surface area contributed by atoms with E-state index in [-0.39, 0.29) is 18.2 Å². The molecule has 1 aliphatic heterocycles. The van der Waals surface area contributed by atoms with Gasteiger partial charge in [0, 0.05) is 27.1 Å². The van der Waals surface area contributed by atoms with Gasteiger partial charge in [-0.25, -0.2) is 4.79 Å². The van der Waals surface area contributed by atoms with Crippen molar-refractivity contribution in [3.63, 3.8) is 0 Å². The first-order valence-electron chi connectivity index (χ1n) is 9.44. The highest BCUT2D eigenvalue weighted by Gasteiger charge is 2.52. The van der Waals surface area contributed by atoms with Gasteiger partial charge in [-0.3, -0.25) is 14.5 Å². The van der Waals surface area contributed by atoms with E-state index in [4.69, 9.17) is 0 Å². The Morgan fingerprint density at radius 2 is 1.79 bits per heavy atom. The molecule has 0 radical (unpaired) electrons. The van der Waals surface area contributed by atoms with E-state index >= 15 is 0 Å². The first-order valence-corrected chi connectivity index (χ1v) is 10.2. The molecule has 1 aromatic carbocycles. The molecule has 6 nitrogen and oxygen atoms in total. The molecule has 146 valence electrons. The first-order chi connectivity index (χ1) is 13.3. The summed E-state index contributed by atoms with van der Waals surface area (Å²) in [7, 11) is 0. The summed E-state index contributed by atoms with van der Waals surface area (Å²) >= 11 is 3.43. The number of amides is 3. The highest BCUT2D eigenvalue weighted by atomic mass is 79.9. The van der Waals surface area contributed by atoms with Crippen molar-refractivity contribution in [2.75, 3.05) is 6.54 Å². The second kappa shape index (κ2) is 6.88. The second-order valence-electron chi connectivity index (χ2n) is 7.63. The maximum atomic E-state index is 13.0. The molecular weight excluding hydrogens is 422 g/mol. The van der Waals surface area contributed by atoms with Crippen LogP contribution in [0, 0.1) is 13.8 Å². The minimum atomic E-state index is -0.786. The summed E-state index contributed by atoms with van der Waals surface area (Å²) in [5.41, 5.74) is 2.43. The molecule has 1 spiro atoms. The first kappa shape index (κ1) is 18.9. The van der Waals surface area contributed by atoms with Crippen LogP contribution < -0.4 is 5.32 Å². The summed E-state index contributed by atoms with van der Waals surface area (Å²) in [6, 6.07) is 9.21. The molecule has 1 saturated carbocycles. The van der Waals surface area contributed by atoms with Crippen LogP contribution in [-0.2, 0) is 4.79 Å². The molecule has 2 aliphatic rings. The number of hydrogen-bond donors (Lipinski definition) is 1. The van der Waals surface area contributed by atoms with Gasteiger partial charge in [-0.2, -0.15) is 0 Å². The molecule has 1 saturated heterocycles. The Balaban J connectivity index is 1.59. The van der Waals surface area contributed by atoms with Crippen LogP contribution in [0.2, 0.25) is 0 Å². The number of ketones is 1. The molecule has 1 aromatic heterocycles. The summed E-state index contributed by atoms with van der Waals surface area (Å²) < 4.78 is 2.98. The smallest absolute Gasteiger partial charge is 0.323 e. The van der Waals surface area contributed by atoms with Crippen molar-refractivity contribution in [1.29, 1.82) is 0 Å². The highest BCUT2D eigenvalue weighted by Crippen LogP contribution is 2.35. The predicted molar refractivity (Wildman–Crippen MR) is 109 cm³/mol. The number of Topliss-reactive ketones (excluding diaryl/α,β-unsaturated/α-hetero) is 1. The zero-order chi connectivity index (χ0) is 20.1. The average Bonchev–Trinajstić information content (AvgIpc) is 3.30. The summed E-state index contributed by atoms with van der Waals surface area (Å²) in [5.74, 6) is -0.486. The van der Waals surface area contributed by atoms with Crippen molar-refractivity contribution in [2.45, 2.75) is 45.1 Å². The number of rotatable bonds is 4. The Kier molecular flexibility index (Phi) is 4.65. The number of benzene rings is 1. The summed E-state index contributed by atoms with van der Waals surface area (Å²) in [5, 5.41) is 2.82. The number of aromatic nitrogens is 1. The Bertz CT molecular complexity index is 972. The molecule has 2 heterocycles. The molecule has 0 unspecified atom stereocenters. The lowest BCUT2D eigenvalue weighted by Gasteiger charge is -2.19. The van der Waals surface area contributed by atoms with E-state index in [9.17, 15) is 14.4 Å². The minimum absolute atomic E-state index is 0.225. The van der Waals surface area contributed by atoms with Crippen molar-refractivity contribution in [1.82, 2.24) is 14.8 Å². The van der Waals surface area contributed by atoms with Gasteiger partial charge in [0.25, 0.3) is 5.91 Å². The predicted octanol–water partition coefficient (Wildman–Crippen LogP) is 3.90. The van der Waals surface area contributed by atoms with Gasteiger partial charge in [0.05, 0.1) is 6.54 Å². The largest absolute Gasteiger partial charge is 0.325 e. The van der Waals surface area contributed by atoms with Crippen molar-refractivity contribution in [3.8, 4) is 5.69 Å². The fourth-order valence-electron chi connectivity index (χ4n) is 4.40. The maximum absolute atomic E-state index is 13.0. The molecule has 0 atom stereocenters. The molecule has 1 aliphatic carbocycles. The Labute approximate surface area is 172 Å². The van der Waals surface area contributed by atoms with Gasteiger partial charge in [0.15, 0.2) is 5.78 Å². The molecule has 2 fully saturated rings. The summed E-state index contributed by atoms with van der Waals surface area (Å²) in [6.07, 6.45) is 3.14. The van der Waals surface area contributed by atoms with Gasteiger partial charge in [-0.1, -0.05) is 28.8 Å². The van der Waals surface area contributed by atoms with Crippen molar-refractivity contribution in [2.24, 2.45) is 0 Å². The number of nitrogens with one attached hydrogen (secondary N) is 1. The molecule has 4 rings (SSSR count). The minimum Gasteiger partial charge on any atom is -0.323 e. The van der Waals surface area contributed by atoms with E-state index in [0.717, 1.165) is 39.3 Å². The molecule has 3 amide bonds. The molecule has 28 heavy (non-hydrogen) atoms. The van der Waals surface area contributed by atoms with E-state index in [1.165, 1.54) is 0 Å². The SMILES string of the molecule is Cc1cc(C(=O)CN2C(=O)NC3(CCCC3)C2=O)c(C)n1-c1ccc(Br)cc1. The van der Waals surface area contributed by atoms with Gasteiger partial charge in [0.1, 0.15) is 5.54 Å². The number of hydrogen-bond acceptors (Lipinski definition) is 3. The van der Waals surface area contributed by atoms with Crippen molar-refractivity contribution < 1.29 is 14.4 Å². The lowest BCUT2D eigenvalue weighted by atomic mass is 9.98. The van der Waals surface area contributed by atoms with Crippen LogP contribution in [0.4, 0.5) is 4.79 Å². The monoisotopic (exact) mass is 443 g/mol. The Hall–Kier alpha value is -2.41. The van der Waals surface area contributed by atoms with Gasteiger partial charge < -0.3 is 9.88 Å². The third kappa shape index (κ3) is 2.98. The lowest BCUT2D eigenvalue weighted by molar-refractivity contribution is -0.130. The van der Waals surface area contributed by atoms with E-state index in [2.05, 4.69) is 21.2 Å². The summed E-state index contributed by atoms with van der Waals surface area (Å²) in [4.78, 5) is 39.2. The van der Waals surface area contributed by atoms with Crippen LogP contribution in [0.25, 0.3) is 5.69 Å². The number of halogens is 1. The van der Waals surface area contributed by atoms with Crippen LogP contribution in [0.1, 0.15) is 47.4 Å². The van der Waals surface area contributed by atoms with Crippen molar-refractivity contribution in [3.05, 3.63) is 51.8 Å². The number of nitrogens with zero attached hydrogens (tertiary/aromatic N) is 2. The Morgan fingerprint density at radius 1 is 1.14 bits per heavy atom. The lowest BCUT2D eigenvalue weighted by Crippen LogP contribution is -2.44. The third-order valence-electron chi connectivity index (χ3n) is 5.82. The maximum Gasteiger partial charge on any atom is 0.325 e. The van der Waals surface area contributed by atoms with E-state index in [1.807, 2.05) is 48.7 Å². The molecule has 7 heteroatoms. The number of aryl methyl sites for hydroxylation is 1. The molecule has 0 bridgehead atoms. The van der Waals surface area contributed by atoms with Crippen LogP contribution in [-0.4, -0.2) is 39.3 Å². The van der Waals surface area contributed by atoms with Crippen LogP contribution in [0.15, 0.2) is 34.8 Å². The topological polar surface area (TPSA) is 71.4 Å². The zero-order valence-electron chi connectivity index (χ0n) is 15.9. The van der Waals surface area contributed by atoms with Crippen molar-refractivity contribution >= 4 is 33.7 Å². The van der Waals surface area contributed by atoms with E-state index < -0.39 is 11.6 Å². The number of carbonyl (C=O) groups is 3. The fraction of sp³-hybridized carbons (Fsp3) is 0.381. The Morgan fingerprint density at radius 3 is 2.43 bits per heavy atom. The normalized spacial score (nSPS) is 18.2. The second-order valence-corrected chi connectivity index (χ2v) is 8.55. The molecule has 2 aromatic rings.